The zero-order valence-corrected chi connectivity index (χ0v) is 10.0. The Bertz CT molecular complexity index is 231. The maximum absolute atomic E-state index is 13.5. The molecule has 0 saturated heterocycles. The molecule has 0 aromatic rings. The predicted molar refractivity (Wildman–Crippen MR) is 56.2 cm³/mol. The summed E-state index contributed by atoms with van der Waals surface area (Å²) in [6.45, 7) is 1.80. The molecular formula is C10H19F5N2. The smallest absolute Gasteiger partial charge is 0.330 e. The van der Waals surface area contributed by atoms with E-state index >= 15 is 0 Å². The van der Waals surface area contributed by atoms with E-state index in [0.29, 0.717) is 13.5 Å². The average molecular weight is 262 g/mol. The Morgan fingerprint density at radius 2 is 1.59 bits per heavy atom. The van der Waals surface area contributed by atoms with Gasteiger partial charge in [-0.05, 0) is 26.4 Å². The van der Waals surface area contributed by atoms with Crippen LogP contribution in [0, 0.1) is 0 Å². The Balaban J connectivity index is 4.75. The van der Waals surface area contributed by atoms with Gasteiger partial charge in [0.2, 0.25) is 0 Å². The van der Waals surface area contributed by atoms with E-state index in [1.54, 1.807) is 6.92 Å². The van der Waals surface area contributed by atoms with Crippen LogP contribution < -0.4 is 11.1 Å². The number of alkyl halides is 5. The third-order valence-electron chi connectivity index (χ3n) is 2.59. The van der Waals surface area contributed by atoms with Gasteiger partial charge in [0.1, 0.15) is 0 Å². The highest BCUT2D eigenvalue weighted by Gasteiger charge is 2.66. The van der Waals surface area contributed by atoms with Gasteiger partial charge in [0.05, 0.1) is 0 Å². The van der Waals surface area contributed by atoms with Crippen molar-refractivity contribution in [3.63, 3.8) is 0 Å². The summed E-state index contributed by atoms with van der Waals surface area (Å²) in [7, 11) is 0. The van der Waals surface area contributed by atoms with Crippen molar-refractivity contribution >= 4 is 0 Å². The van der Waals surface area contributed by atoms with Gasteiger partial charge < -0.3 is 11.1 Å². The van der Waals surface area contributed by atoms with E-state index in [-0.39, 0.29) is 6.54 Å². The van der Waals surface area contributed by atoms with Crippen molar-refractivity contribution in [3.05, 3.63) is 0 Å². The standard InChI is InChI=1S/C10H19F5N2/c1-3-17-7-5-9(12,13)10(14,15)8(2,11)4-6-16/h17H,3-7,16H2,1-2H3. The molecule has 2 nitrogen and oxygen atoms in total. The lowest BCUT2D eigenvalue weighted by molar-refractivity contribution is -0.270. The van der Waals surface area contributed by atoms with Gasteiger partial charge in [0, 0.05) is 13.0 Å². The fraction of sp³-hybridized carbons (Fsp3) is 1.00. The van der Waals surface area contributed by atoms with Gasteiger partial charge in [-0.15, -0.1) is 0 Å². The lowest BCUT2D eigenvalue weighted by Crippen LogP contribution is -2.56. The summed E-state index contributed by atoms with van der Waals surface area (Å²) >= 11 is 0. The third-order valence-corrected chi connectivity index (χ3v) is 2.59. The molecular weight excluding hydrogens is 243 g/mol. The molecule has 104 valence electrons. The highest BCUT2D eigenvalue weighted by molar-refractivity contribution is 4.99. The number of hydrogen-bond acceptors (Lipinski definition) is 2. The molecule has 0 fully saturated rings. The van der Waals surface area contributed by atoms with Crippen molar-refractivity contribution in [2.75, 3.05) is 19.6 Å². The van der Waals surface area contributed by atoms with Crippen LogP contribution in [0.25, 0.3) is 0 Å². The molecule has 0 aliphatic heterocycles. The molecule has 17 heavy (non-hydrogen) atoms. The second kappa shape index (κ2) is 5.95. The highest BCUT2D eigenvalue weighted by atomic mass is 19.3. The quantitative estimate of drug-likeness (QED) is 0.520. The summed E-state index contributed by atoms with van der Waals surface area (Å²) in [5.74, 6) is -9.12. The molecule has 0 bridgehead atoms. The molecule has 0 aliphatic carbocycles. The number of nitrogens with one attached hydrogen (secondary N) is 1. The van der Waals surface area contributed by atoms with Crippen LogP contribution in [0.4, 0.5) is 22.0 Å². The first-order valence-electron chi connectivity index (χ1n) is 5.47. The van der Waals surface area contributed by atoms with Crippen LogP contribution >= 0.6 is 0 Å². The number of halogens is 5. The maximum Gasteiger partial charge on any atom is 0.343 e. The first-order valence-corrected chi connectivity index (χ1v) is 5.47. The maximum atomic E-state index is 13.5. The summed E-state index contributed by atoms with van der Waals surface area (Å²) < 4.78 is 66.9. The minimum Gasteiger partial charge on any atom is -0.330 e. The first kappa shape index (κ1) is 16.6. The molecule has 1 unspecified atom stereocenters. The minimum absolute atomic E-state index is 0.294. The molecule has 7 heteroatoms. The Hall–Kier alpha value is -0.430. The average Bonchev–Trinajstić information content (AvgIpc) is 2.17. The Morgan fingerprint density at radius 3 is 2.00 bits per heavy atom. The fourth-order valence-electron chi connectivity index (χ4n) is 1.39. The second-order valence-corrected chi connectivity index (χ2v) is 4.12. The molecule has 0 radical (unpaired) electrons. The monoisotopic (exact) mass is 262 g/mol. The van der Waals surface area contributed by atoms with E-state index in [1.165, 1.54) is 0 Å². The van der Waals surface area contributed by atoms with E-state index in [0.717, 1.165) is 0 Å². The number of hydrogen-bond donors (Lipinski definition) is 2. The van der Waals surface area contributed by atoms with E-state index in [4.69, 9.17) is 5.73 Å². The van der Waals surface area contributed by atoms with Crippen LogP contribution in [0.1, 0.15) is 26.7 Å². The van der Waals surface area contributed by atoms with Gasteiger partial charge in [-0.25, -0.2) is 4.39 Å². The molecule has 0 aromatic carbocycles. The molecule has 0 heterocycles. The summed E-state index contributed by atoms with van der Waals surface area (Å²) in [4.78, 5) is 0. The van der Waals surface area contributed by atoms with Crippen LogP contribution in [0.3, 0.4) is 0 Å². The van der Waals surface area contributed by atoms with Gasteiger partial charge in [-0.1, -0.05) is 6.92 Å². The van der Waals surface area contributed by atoms with E-state index in [2.05, 4.69) is 5.32 Å². The Morgan fingerprint density at radius 1 is 1.06 bits per heavy atom. The van der Waals surface area contributed by atoms with Gasteiger partial charge in [-0.3, -0.25) is 0 Å². The lowest BCUT2D eigenvalue weighted by Gasteiger charge is -2.35. The van der Waals surface area contributed by atoms with Gasteiger partial charge >= 0.3 is 11.8 Å². The van der Waals surface area contributed by atoms with Crippen molar-refractivity contribution in [1.29, 1.82) is 0 Å². The van der Waals surface area contributed by atoms with Crippen LogP contribution in [-0.2, 0) is 0 Å². The van der Waals surface area contributed by atoms with Crippen LogP contribution in [0.5, 0.6) is 0 Å². The van der Waals surface area contributed by atoms with E-state index in [9.17, 15) is 22.0 Å². The van der Waals surface area contributed by atoms with Gasteiger partial charge in [-0.2, -0.15) is 17.6 Å². The normalized spacial score (nSPS) is 16.9. The second-order valence-electron chi connectivity index (χ2n) is 4.12. The molecule has 0 spiro atoms. The van der Waals surface area contributed by atoms with Crippen molar-refractivity contribution in [3.8, 4) is 0 Å². The van der Waals surface area contributed by atoms with E-state index < -0.39 is 36.9 Å². The zero-order chi connectivity index (χ0) is 13.7. The molecule has 0 saturated carbocycles. The van der Waals surface area contributed by atoms with Crippen LogP contribution in [-0.4, -0.2) is 37.1 Å². The van der Waals surface area contributed by atoms with Crippen molar-refractivity contribution in [1.82, 2.24) is 5.32 Å². The predicted octanol–water partition coefficient (Wildman–Crippen LogP) is 2.33. The van der Waals surface area contributed by atoms with Crippen molar-refractivity contribution < 1.29 is 22.0 Å². The van der Waals surface area contributed by atoms with Crippen LogP contribution in [0.2, 0.25) is 0 Å². The van der Waals surface area contributed by atoms with Gasteiger partial charge in [0.25, 0.3) is 0 Å². The fourth-order valence-corrected chi connectivity index (χ4v) is 1.39. The molecule has 1 atom stereocenters. The summed E-state index contributed by atoms with van der Waals surface area (Å²) in [6.07, 6.45) is -1.92. The summed E-state index contributed by atoms with van der Waals surface area (Å²) in [6, 6.07) is 0. The largest absolute Gasteiger partial charge is 0.343 e. The summed E-state index contributed by atoms with van der Waals surface area (Å²) in [5.41, 5.74) is 1.64. The highest BCUT2D eigenvalue weighted by Crippen LogP contribution is 2.47. The third kappa shape index (κ3) is 3.77. The Labute approximate surface area is 97.7 Å². The Kier molecular flexibility index (Phi) is 5.80. The SMILES string of the molecule is CCNCCC(F)(F)C(F)(F)C(C)(F)CCN. The van der Waals surface area contributed by atoms with Gasteiger partial charge in [0.15, 0.2) is 5.67 Å². The molecule has 0 amide bonds. The molecule has 0 aromatic heterocycles. The topological polar surface area (TPSA) is 38.0 Å². The van der Waals surface area contributed by atoms with Crippen LogP contribution in [0.15, 0.2) is 0 Å². The van der Waals surface area contributed by atoms with Crippen molar-refractivity contribution in [2.24, 2.45) is 5.73 Å². The first-order chi connectivity index (χ1) is 7.62. The minimum atomic E-state index is -4.73. The number of nitrogens with two attached hydrogens (primary N) is 1. The lowest BCUT2D eigenvalue weighted by atomic mass is 9.89. The molecule has 0 aliphatic rings. The summed E-state index contributed by atoms with van der Waals surface area (Å²) in [5, 5.41) is 2.50. The van der Waals surface area contributed by atoms with Crippen molar-refractivity contribution in [2.45, 2.75) is 44.2 Å². The molecule has 0 rings (SSSR count). The molecule has 3 N–H and O–H groups in total. The van der Waals surface area contributed by atoms with E-state index in [1.807, 2.05) is 0 Å². The number of rotatable bonds is 8. The zero-order valence-electron chi connectivity index (χ0n) is 10.0.